The lowest BCUT2D eigenvalue weighted by molar-refractivity contribution is -0.143. The Morgan fingerprint density at radius 2 is 0.953 bits per heavy atom. The van der Waals surface area contributed by atoms with E-state index in [0.717, 1.165) is 32.1 Å². The molecule has 0 atom stereocenters. The first-order chi connectivity index (χ1) is 30.7. The van der Waals surface area contributed by atoms with Crippen molar-refractivity contribution in [1.29, 1.82) is 0 Å². The second kappa shape index (κ2) is 25.3. The molecule has 9 nitrogen and oxygen atoms in total. The van der Waals surface area contributed by atoms with E-state index in [2.05, 4.69) is 112 Å². The minimum absolute atomic E-state index is 0.0491. The molecule has 0 saturated carbocycles. The van der Waals surface area contributed by atoms with Crippen LogP contribution < -0.4 is 0 Å². The van der Waals surface area contributed by atoms with Crippen molar-refractivity contribution in [3.63, 3.8) is 0 Å². The maximum absolute atomic E-state index is 12.9. The number of carbonyl (C=O) groups excluding carboxylic acids is 4. The van der Waals surface area contributed by atoms with E-state index in [9.17, 15) is 19.2 Å². The van der Waals surface area contributed by atoms with Gasteiger partial charge < -0.3 is 14.9 Å². The molecule has 0 heterocycles. The van der Waals surface area contributed by atoms with Crippen molar-refractivity contribution in [2.75, 3.05) is 19.6 Å². The highest BCUT2D eigenvalue weighted by molar-refractivity contribution is 6.63. The zero-order valence-electron chi connectivity index (χ0n) is 40.1. The molecule has 0 unspecified atom stereocenters. The number of hydrogen-bond donors (Lipinski definition) is 1. The van der Waals surface area contributed by atoms with Gasteiger partial charge in [0, 0.05) is 34.8 Å². The monoisotopic (exact) mass is 891 g/mol. The van der Waals surface area contributed by atoms with E-state index in [4.69, 9.17) is 21.6 Å². The first kappa shape index (κ1) is 53.1. The largest absolute Gasteiger partial charge is 0.411 e. The lowest BCUT2D eigenvalue weighted by Crippen LogP contribution is -2.23. The zero-order chi connectivity index (χ0) is 47.6. The maximum atomic E-state index is 12.9. The number of halogens is 1. The molecular formula is C54H70ClN3O6. The molecule has 0 saturated heterocycles. The molecule has 4 aromatic carbocycles. The molecular weight excluding hydrogens is 822 g/mol. The summed E-state index contributed by atoms with van der Waals surface area (Å²) < 4.78 is 0. The standard InChI is InChI=1S/C24H27NO3.C20H21NO2.C6H15N.C4H7ClO/c1-5-10-22(26)28-25-16(4)23(27)17-13-14-19-18-11-8-9-12-20(18)24(6-2,7-3)21(19)15-17;1-4-20(5-2)17-9-7-6-8-15(17)16-11-10-14(12-18(16)20)19(22)13(3)21-23;1-4-7(5-2)6-3;1-2-3-4(5)6/h8-9,11-15H,5-7,10H2,1-4H3;6-12,23H,4-5H2,1-3H3;4-6H2,1-3H3;2-3H2,1H3/b25-16-;21-13-;;. The molecule has 0 amide bonds. The summed E-state index contributed by atoms with van der Waals surface area (Å²) in [6.07, 6.45) is 6.22. The Balaban J connectivity index is 0.000000270. The Morgan fingerprint density at radius 1 is 0.562 bits per heavy atom. The van der Waals surface area contributed by atoms with Crippen molar-refractivity contribution in [1.82, 2.24) is 4.90 Å². The van der Waals surface area contributed by atoms with Gasteiger partial charge in [0.1, 0.15) is 11.4 Å². The lowest BCUT2D eigenvalue weighted by atomic mass is 9.73. The van der Waals surface area contributed by atoms with E-state index in [1.54, 1.807) is 6.92 Å². The first-order valence-corrected chi connectivity index (χ1v) is 23.5. The van der Waals surface area contributed by atoms with E-state index in [0.29, 0.717) is 24.0 Å². The van der Waals surface area contributed by atoms with Crippen molar-refractivity contribution in [2.24, 2.45) is 10.3 Å². The van der Waals surface area contributed by atoms with Gasteiger partial charge in [-0.15, -0.1) is 0 Å². The summed E-state index contributed by atoms with van der Waals surface area (Å²) >= 11 is 4.94. The molecule has 0 aliphatic heterocycles. The Kier molecular flexibility index (Phi) is 21.0. The molecule has 10 heteroatoms. The summed E-state index contributed by atoms with van der Waals surface area (Å²) in [5, 5.41) is 15.4. The minimum Gasteiger partial charge on any atom is -0.411 e. The lowest BCUT2D eigenvalue weighted by Gasteiger charge is -2.29. The molecule has 4 aromatic rings. The smallest absolute Gasteiger partial charge is 0.335 e. The number of rotatable bonds is 16. The summed E-state index contributed by atoms with van der Waals surface area (Å²) in [6, 6.07) is 28.7. The molecule has 0 spiro atoms. The van der Waals surface area contributed by atoms with Crippen molar-refractivity contribution in [3.05, 3.63) is 118 Å². The van der Waals surface area contributed by atoms with Gasteiger partial charge in [-0.3, -0.25) is 14.4 Å². The van der Waals surface area contributed by atoms with E-state index >= 15 is 0 Å². The Hall–Kier alpha value is -5.25. The second-order valence-corrected chi connectivity index (χ2v) is 16.6. The third-order valence-electron chi connectivity index (χ3n) is 12.8. The van der Waals surface area contributed by atoms with Gasteiger partial charge in [0.15, 0.2) is 0 Å². The quantitative estimate of drug-likeness (QED) is 0.0296. The fourth-order valence-electron chi connectivity index (χ4n) is 8.96. The molecule has 0 radical (unpaired) electrons. The van der Waals surface area contributed by atoms with Crippen LogP contribution in [0.25, 0.3) is 22.3 Å². The van der Waals surface area contributed by atoms with Crippen LogP contribution in [0.2, 0.25) is 0 Å². The first-order valence-electron chi connectivity index (χ1n) is 23.1. The van der Waals surface area contributed by atoms with Crippen molar-refractivity contribution in [2.45, 2.75) is 138 Å². The summed E-state index contributed by atoms with van der Waals surface area (Å²) in [7, 11) is 0. The Bertz CT molecular complexity index is 2280. The van der Waals surface area contributed by atoms with Gasteiger partial charge in [-0.05, 0) is 140 Å². The van der Waals surface area contributed by atoms with Crippen molar-refractivity contribution >= 4 is 45.8 Å². The van der Waals surface area contributed by atoms with E-state index in [1.165, 1.54) is 71.1 Å². The number of Topliss-reactive ketones (excluding diaryl/α,β-unsaturated/α-hetero) is 2. The third kappa shape index (κ3) is 11.9. The SMILES string of the molecule is CCC1(CC)c2ccccc2-c2ccc(C(=O)/C(C)=N\O)cc21.CCCC(=O)Cl.CCCC(=O)O/N=C(/C)C(=O)c1ccc2c(c1)C(CC)(CC)c1ccccc1-2.CCN(CC)CC. The maximum Gasteiger partial charge on any atom is 0.335 e. The van der Waals surface area contributed by atoms with Gasteiger partial charge in [0.05, 0.1) is 0 Å². The molecule has 1 N–H and O–H groups in total. The van der Waals surface area contributed by atoms with Crippen LogP contribution >= 0.6 is 11.6 Å². The summed E-state index contributed by atoms with van der Waals surface area (Å²) in [5.74, 6) is -0.869. The van der Waals surface area contributed by atoms with Gasteiger partial charge in [-0.25, -0.2) is 4.79 Å². The number of fused-ring (bicyclic) bond motifs is 6. The fourth-order valence-corrected chi connectivity index (χ4v) is 9.15. The molecule has 2 aliphatic carbocycles. The summed E-state index contributed by atoms with van der Waals surface area (Å²) in [6.45, 7) is 25.8. The normalized spacial score (nSPS) is 13.6. The van der Waals surface area contributed by atoms with Gasteiger partial charge in [-0.1, -0.05) is 145 Å². The van der Waals surface area contributed by atoms with Crippen LogP contribution in [-0.4, -0.2) is 63.9 Å². The van der Waals surface area contributed by atoms with Gasteiger partial charge in [-0.2, -0.15) is 0 Å². The number of oxime groups is 2. The number of benzene rings is 4. The third-order valence-corrected chi connectivity index (χ3v) is 13.0. The van der Waals surface area contributed by atoms with Crippen LogP contribution in [-0.2, 0) is 25.3 Å². The number of hydrogen-bond acceptors (Lipinski definition) is 9. The molecule has 2 aliphatic rings. The van der Waals surface area contributed by atoms with E-state index in [-0.39, 0.29) is 45.5 Å². The van der Waals surface area contributed by atoms with Gasteiger partial charge in [0.25, 0.3) is 0 Å². The fraction of sp³-hybridized carbons (Fsp3) is 0.444. The van der Waals surface area contributed by atoms with Crippen LogP contribution in [0.5, 0.6) is 0 Å². The highest BCUT2D eigenvalue weighted by atomic mass is 35.5. The molecule has 64 heavy (non-hydrogen) atoms. The van der Waals surface area contributed by atoms with Gasteiger partial charge >= 0.3 is 5.97 Å². The second-order valence-electron chi connectivity index (χ2n) is 16.1. The number of carbonyl (C=O) groups is 4. The van der Waals surface area contributed by atoms with Crippen molar-refractivity contribution in [3.8, 4) is 22.3 Å². The average Bonchev–Trinajstić information content (AvgIpc) is 3.77. The topological polar surface area (TPSA) is 126 Å². The summed E-state index contributed by atoms with van der Waals surface area (Å²) in [5.41, 5.74) is 11.3. The predicted octanol–water partition coefficient (Wildman–Crippen LogP) is 13.4. The van der Waals surface area contributed by atoms with Crippen LogP contribution in [0.15, 0.2) is 95.2 Å². The number of nitrogens with zero attached hydrogens (tertiary/aromatic N) is 3. The van der Waals surface area contributed by atoms with Crippen LogP contribution in [0.3, 0.4) is 0 Å². The average molecular weight is 893 g/mol. The van der Waals surface area contributed by atoms with Crippen LogP contribution in [0.4, 0.5) is 0 Å². The van der Waals surface area contributed by atoms with Crippen LogP contribution in [0, 0.1) is 0 Å². The van der Waals surface area contributed by atoms with Crippen molar-refractivity contribution < 1.29 is 29.2 Å². The van der Waals surface area contributed by atoms with Gasteiger partial charge in [0.2, 0.25) is 16.8 Å². The Labute approximate surface area is 387 Å². The van der Waals surface area contributed by atoms with E-state index < -0.39 is 5.97 Å². The zero-order valence-corrected chi connectivity index (χ0v) is 40.8. The molecule has 6 rings (SSSR count). The highest BCUT2D eigenvalue weighted by Gasteiger charge is 2.42. The van der Waals surface area contributed by atoms with E-state index in [1.807, 2.05) is 50.2 Å². The molecule has 0 aromatic heterocycles. The highest BCUT2D eigenvalue weighted by Crippen LogP contribution is 2.54. The predicted molar refractivity (Wildman–Crippen MR) is 263 cm³/mol. The Morgan fingerprint density at radius 3 is 1.28 bits per heavy atom. The summed E-state index contributed by atoms with van der Waals surface area (Å²) in [4.78, 5) is 53.7. The minimum atomic E-state index is -0.421. The molecule has 0 fully saturated rings. The van der Waals surface area contributed by atoms with Crippen LogP contribution in [0.1, 0.15) is 170 Å². The number of ketones is 2. The molecule has 0 bridgehead atoms. The molecule has 344 valence electrons.